The van der Waals surface area contributed by atoms with Gasteiger partial charge < -0.3 is 10.0 Å². The maximum absolute atomic E-state index is 13.2. The van der Waals surface area contributed by atoms with Gasteiger partial charge in [-0.15, -0.1) is 0 Å². The van der Waals surface area contributed by atoms with Gasteiger partial charge in [0.1, 0.15) is 6.04 Å². The Morgan fingerprint density at radius 3 is 2.45 bits per heavy atom. The third kappa shape index (κ3) is 3.58. The van der Waals surface area contributed by atoms with Crippen molar-refractivity contribution in [2.75, 3.05) is 6.54 Å². The van der Waals surface area contributed by atoms with Crippen molar-refractivity contribution in [3.05, 3.63) is 35.9 Å². The van der Waals surface area contributed by atoms with Gasteiger partial charge >= 0.3 is 12.1 Å². The van der Waals surface area contributed by atoms with Gasteiger partial charge in [-0.2, -0.15) is 13.2 Å². The number of hydrogen-bond acceptors (Lipinski definition) is 2. The Labute approximate surface area is 125 Å². The van der Waals surface area contributed by atoms with Gasteiger partial charge in [-0.3, -0.25) is 4.79 Å². The Hall–Kier alpha value is -2.05. The van der Waals surface area contributed by atoms with Crippen LogP contribution in [0.3, 0.4) is 0 Å². The first-order valence-electron chi connectivity index (χ1n) is 6.94. The number of rotatable bonds is 4. The van der Waals surface area contributed by atoms with Crippen LogP contribution in [0.1, 0.15) is 30.7 Å². The molecule has 1 aliphatic rings. The van der Waals surface area contributed by atoms with Crippen LogP contribution in [-0.4, -0.2) is 40.6 Å². The highest BCUT2D eigenvalue weighted by Crippen LogP contribution is 2.38. The van der Waals surface area contributed by atoms with E-state index in [9.17, 15) is 22.8 Å². The number of carboxylic acid groups (broad SMARTS) is 1. The molecular weight excluding hydrogens is 299 g/mol. The smallest absolute Gasteiger partial charge is 0.396 e. The van der Waals surface area contributed by atoms with Crippen molar-refractivity contribution in [1.29, 1.82) is 0 Å². The Bertz CT molecular complexity index is 545. The first-order valence-corrected chi connectivity index (χ1v) is 6.94. The molecule has 1 unspecified atom stereocenters. The van der Waals surface area contributed by atoms with E-state index in [-0.39, 0.29) is 18.5 Å². The summed E-state index contributed by atoms with van der Waals surface area (Å²) in [5, 5.41) is 9.03. The Kier molecular flexibility index (Phi) is 4.73. The van der Waals surface area contributed by atoms with Crippen molar-refractivity contribution in [3.63, 3.8) is 0 Å². The lowest BCUT2D eigenvalue weighted by Gasteiger charge is -2.26. The quantitative estimate of drug-likeness (QED) is 0.929. The molecule has 1 saturated heterocycles. The van der Waals surface area contributed by atoms with Crippen LogP contribution in [0.4, 0.5) is 13.2 Å². The minimum atomic E-state index is -4.56. The van der Waals surface area contributed by atoms with Crippen molar-refractivity contribution < 1.29 is 27.9 Å². The Morgan fingerprint density at radius 1 is 1.27 bits per heavy atom. The van der Waals surface area contributed by atoms with Crippen molar-refractivity contribution in [2.45, 2.75) is 37.4 Å². The van der Waals surface area contributed by atoms with Crippen LogP contribution in [0, 0.1) is 0 Å². The molecule has 1 heterocycles. The highest BCUT2D eigenvalue weighted by molar-refractivity contribution is 5.84. The van der Waals surface area contributed by atoms with Gasteiger partial charge in [0.25, 0.3) is 0 Å². The number of hydrogen-bond donors (Lipinski definition) is 1. The molecule has 0 aromatic heterocycles. The molecular formula is C15H16F3NO3. The highest BCUT2D eigenvalue weighted by atomic mass is 19.4. The lowest BCUT2D eigenvalue weighted by molar-refractivity contribution is -0.162. The maximum atomic E-state index is 13.2. The van der Waals surface area contributed by atoms with Gasteiger partial charge in [0.2, 0.25) is 5.91 Å². The minimum absolute atomic E-state index is 0.00872. The van der Waals surface area contributed by atoms with Crippen molar-refractivity contribution in [3.8, 4) is 0 Å². The number of nitrogens with zero attached hydrogens (tertiary/aromatic N) is 1. The largest absolute Gasteiger partial charge is 0.480 e. The number of amides is 1. The molecule has 0 aliphatic carbocycles. The number of alkyl halides is 3. The summed E-state index contributed by atoms with van der Waals surface area (Å²) in [5.41, 5.74) is 0.00872. The normalized spacial score (nSPS) is 20.0. The van der Waals surface area contributed by atoms with Gasteiger partial charge in [0.05, 0.1) is 5.92 Å². The predicted molar refractivity (Wildman–Crippen MR) is 72.2 cm³/mol. The zero-order chi connectivity index (χ0) is 16.3. The molecule has 2 atom stereocenters. The molecule has 1 N–H and O–H groups in total. The molecule has 1 aromatic rings. The summed E-state index contributed by atoms with van der Waals surface area (Å²) < 4.78 is 39.7. The third-order valence-corrected chi connectivity index (χ3v) is 3.83. The molecule has 4 nitrogen and oxygen atoms in total. The van der Waals surface area contributed by atoms with E-state index in [0.717, 1.165) is 4.90 Å². The van der Waals surface area contributed by atoms with E-state index in [2.05, 4.69) is 0 Å². The number of carbonyl (C=O) groups is 2. The number of benzene rings is 1. The SMILES string of the molecule is O=C(O)[C@@H]1CCCN1C(=O)CC(c1ccccc1)C(F)(F)F. The number of halogens is 3. The first kappa shape index (κ1) is 16.3. The van der Waals surface area contributed by atoms with E-state index in [1.54, 1.807) is 6.07 Å². The van der Waals surface area contributed by atoms with Gasteiger partial charge in [-0.1, -0.05) is 30.3 Å². The molecule has 0 radical (unpaired) electrons. The van der Waals surface area contributed by atoms with E-state index in [0.29, 0.717) is 6.42 Å². The summed E-state index contributed by atoms with van der Waals surface area (Å²) in [6, 6.07) is 6.19. The van der Waals surface area contributed by atoms with E-state index >= 15 is 0 Å². The predicted octanol–water partition coefficient (Wildman–Crippen LogP) is 2.80. The van der Waals surface area contributed by atoms with Crippen molar-refractivity contribution in [1.82, 2.24) is 4.90 Å². The van der Waals surface area contributed by atoms with Crippen LogP contribution in [0.5, 0.6) is 0 Å². The molecule has 1 aliphatic heterocycles. The molecule has 0 bridgehead atoms. The fourth-order valence-corrected chi connectivity index (χ4v) is 2.72. The first-order chi connectivity index (χ1) is 10.3. The molecule has 7 heteroatoms. The topological polar surface area (TPSA) is 57.6 Å². The molecule has 0 saturated carbocycles. The Balaban J connectivity index is 2.17. The third-order valence-electron chi connectivity index (χ3n) is 3.83. The second kappa shape index (κ2) is 6.37. The van der Waals surface area contributed by atoms with Gasteiger partial charge in [-0.05, 0) is 18.4 Å². The minimum Gasteiger partial charge on any atom is -0.480 e. The number of carbonyl (C=O) groups excluding carboxylic acids is 1. The lowest BCUT2D eigenvalue weighted by atomic mass is 9.94. The van der Waals surface area contributed by atoms with Crippen LogP contribution in [-0.2, 0) is 9.59 Å². The van der Waals surface area contributed by atoms with Gasteiger partial charge in [-0.25, -0.2) is 4.79 Å². The van der Waals surface area contributed by atoms with Crippen molar-refractivity contribution in [2.24, 2.45) is 0 Å². The average molecular weight is 315 g/mol. The fraction of sp³-hybridized carbons (Fsp3) is 0.467. The van der Waals surface area contributed by atoms with E-state index in [1.165, 1.54) is 24.3 Å². The summed E-state index contributed by atoms with van der Waals surface area (Å²) in [7, 11) is 0. The second-order valence-corrected chi connectivity index (χ2v) is 5.29. The summed E-state index contributed by atoms with van der Waals surface area (Å²) in [4.78, 5) is 24.3. The molecule has 0 spiro atoms. The molecule has 22 heavy (non-hydrogen) atoms. The highest BCUT2D eigenvalue weighted by Gasteiger charge is 2.44. The standard InChI is InChI=1S/C15H16F3NO3/c16-15(17,18)11(10-5-2-1-3-6-10)9-13(20)19-8-4-7-12(19)14(21)22/h1-3,5-6,11-12H,4,7-9H2,(H,21,22)/t11?,12-/m0/s1. The van der Waals surface area contributed by atoms with E-state index in [1.807, 2.05) is 0 Å². The molecule has 1 fully saturated rings. The summed E-state index contributed by atoms with van der Waals surface area (Å²) in [6.45, 7) is 0.190. The Morgan fingerprint density at radius 2 is 1.91 bits per heavy atom. The molecule has 2 rings (SSSR count). The summed E-state index contributed by atoms with van der Waals surface area (Å²) >= 11 is 0. The summed E-state index contributed by atoms with van der Waals surface area (Å²) in [6.07, 6.45) is -4.55. The lowest BCUT2D eigenvalue weighted by Crippen LogP contribution is -2.41. The second-order valence-electron chi connectivity index (χ2n) is 5.29. The average Bonchev–Trinajstić information content (AvgIpc) is 2.94. The molecule has 1 amide bonds. The van der Waals surface area contributed by atoms with E-state index < -0.39 is 36.4 Å². The zero-order valence-electron chi connectivity index (χ0n) is 11.7. The fourth-order valence-electron chi connectivity index (χ4n) is 2.72. The van der Waals surface area contributed by atoms with Crippen LogP contribution < -0.4 is 0 Å². The number of carboxylic acids is 1. The monoisotopic (exact) mass is 315 g/mol. The van der Waals surface area contributed by atoms with Gasteiger partial charge in [0, 0.05) is 13.0 Å². The molecule has 120 valence electrons. The maximum Gasteiger partial charge on any atom is 0.396 e. The van der Waals surface area contributed by atoms with Crippen LogP contribution >= 0.6 is 0 Å². The van der Waals surface area contributed by atoms with Gasteiger partial charge in [0.15, 0.2) is 0 Å². The molecule has 1 aromatic carbocycles. The van der Waals surface area contributed by atoms with Crippen LogP contribution in [0.15, 0.2) is 30.3 Å². The number of likely N-dealkylation sites (tertiary alicyclic amines) is 1. The van der Waals surface area contributed by atoms with E-state index in [4.69, 9.17) is 5.11 Å². The van der Waals surface area contributed by atoms with Crippen molar-refractivity contribution >= 4 is 11.9 Å². The van der Waals surface area contributed by atoms with Crippen LogP contribution in [0.2, 0.25) is 0 Å². The summed E-state index contributed by atoms with van der Waals surface area (Å²) in [5.74, 6) is -3.86. The number of aliphatic carboxylic acids is 1. The zero-order valence-corrected chi connectivity index (χ0v) is 11.7. The van der Waals surface area contributed by atoms with Crippen LogP contribution in [0.25, 0.3) is 0 Å².